The molecule has 22 heavy (non-hydrogen) atoms. The highest BCUT2D eigenvalue weighted by molar-refractivity contribution is 5.47. The second-order valence-corrected chi connectivity index (χ2v) is 5.78. The molecule has 2 heterocycles. The topological polar surface area (TPSA) is 44.2 Å². The van der Waals surface area contributed by atoms with Crippen molar-refractivity contribution in [3.8, 4) is 11.5 Å². The normalized spacial score (nSPS) is 16.8. The van der Waals surface area contributed by atoms with Crippen LogP contribution in [-0.4, -0.2) is 23.7 Å². The second-order valence-electron chi connectivity index (χ2n) is 5.78. The van der Waals surface area contributed by atoms with Crippen LogP contribution in [0.1, 0.15) is 29.6 Å². The Hall–Kier alpha value is -2.10. The van der Waals surface area contributed by atoms with Gasteiger partial charge in [-0.3, -0.25) is 0 Å². The van der Waals surface area contributed by atoms with Crippen LogP contribution in [0.25, 0.3) is 0 Å². The van der Waals surface area contributed by atoms with E-state index in [4.69, 9.17) is 9.47 Å². The molecule has 4 heteroatoms. The van der Waals surface area contributed by atoms with Crippen LogP contribution in [0.5, 0.6) is 11.5 Å². The molecule has 0 N–H and O–H groups in total. The highest BCUT2D eigenvalue weighted by Crippen LogP contribution is 2.36. The van der Waals surface area contributed by atoms with Gasteiger partial charge in [-0.25, -0.2) is 9.97 Å². The third-order valence-corrected chi connectivity index (χ3v) is 4.19. The quantitative estimate of drug-likeness (QED) is 0.870. The number of hydrogen-bond acceptors (Lipinski definition) is 4. The zero-order valence-electron chi connectivity index (χ0n) is 13.4. The van der Waals surface area contributed by atoms with Gasteiger partial charge in [-0.1, -0.05) is 19.1 Å². The van der Waals surface area contributed by atoms with Crippen molar-refractivity contribution in [3.05, 3.63) is 47.0 Å². The first-order chi connectivity index (χ1) is 10.7. The van der Waals surface area contributed by atoms with Gasteiger partial charge in [-0.2, -0.15) is 0 Å². The molecule has 116 valence electrons. The molecule has 0 aliphatic carbocycles. The predicted octanol–water partition coefficient (Wildman–Crippen LogP) is 3.15. The summed E-state index contributed by atoms with van der Waals surface area (Å²) in [5, 5.41) is 0. The fourth-order valence-electron chi connectivity index (χ4n) is 3.04. The number of benzene rings is 1. The zero-order chi connectivity index (χ0) is 15.5. The summed E-state index contributed by atoms with van der Waals surface area (Å²) in [6.07, 6.45) is 4.86. The van der Waals surface area contributed by atoms with Gasteiger partial charge in [-0.05, 0) is 43.4 Å². The molecule has 1 aromatic carbocycles. The first-order valence-electron chi connectivity index (χ1n) is 7.81. The molecule has 1 aliphatic heterocycles. The van der Waals surface area contributed by atoms with E-state index in [0.29, 0.717) is 12.5 Å². The number of para-hydroxylation sites is 1. The highest BCUT2D eigenvalue weighted by atomic mass is 16.5. The summed E-state index contributed by atoms with van der Waals surface area (Å²) in [6.45, 7) is 4.80. The number of aryl methyl sites for hydroxylation is 2. The Kier molecular flexibility index (Phi) is 4.27. The van der Waals surface area contributed by atoms with E-state index in [1.807, 2.05) is 25.3 Å². The minimum absolute atomic E-state index is 0.444. The molecular formula is C18H22N2O2. The van der Waals surface area contributed by atoms with Crippen molar-refractivity contribution in [1.82, 2.24) is 9.97 Å². The van der Waals surface area contributed by atoms with Gasteiger partial charge in [0, 0.05) is 17.8 Å². The Bertz CT molecular complexity index is 670. The van der Waals surface area contributed by atoms with E-state index in [1.165, 1.54) is 11.1 Å². The van der Waals surface area contributed by atoms with E-state index < -0.39 is 0 Å². The maximum Gasteiger partial charge on any atom is 0.164 e. The summed E-state index contributed by atoms with van der Waals surface area (Å²) in [4.78, 5) is 8.94. The van der Waals surface area contributed by atoms with E-state index >= 15 is 0 Å². The number of nitrogens with zero attached hydrogens (tertiary/aromatic N) is 2. The molecule has 0 radical (unpaired) electrons. The van der Waals surface area contributed by atoms with E-state index in [9.17, 15) is 0 Å². The van der Waals surface area contributed by atoms with Crippen molar-refractivity contribution in [3.63, 3.8) is 0 Å². The summed E-state index contributed by atoms with van der Waals surface area (Å²) in [5.74, 6) is 3.00. The van der Waals surface area contributed by atoms with Gasteiger partial charge in [0.05, 0.1) is 13.7 Å². The van der Waals surface area contributed by atoms with E-state index in [0.717, 1.165) is 42.3 Å². The first kappa shape index (κ1) is 14.8. The van der Waals surface area contributed by atoms with E-state index in [2.05, 4.69) is 23.0 Å². The lowest BCUT2D eigenvalue weighted by Gasteiger charge is -2.26. The fraction of sp³-hybridized carbons (Fsp3) is 0.444. The molecule has 0 unspecified atom stereocenters. The van der Waals surface area contributed by atoms with Crippen molar-refractivity contribution < 1.29 is 9.47 Å². The number of methoxy groups -OCH3 is 1. The number of aromatic nitrogens is 2. The molecule has 0 amide bonds. The molecule has 0 saturated carbocycles. The Labute approximate surface area is 131 Å². The Morgan fingerprint density at radius 3 is 3.00 bits per heavy atom. The van der Waals surface area contributed by atoms with Gasteiger partial charge in [0.25, 0.3) is 0 Å². The van der Waals surface area contributed by atoms with E-state index in [1.54, 1.807) is 7.11 Å². The third kappa shape index (κ3) is 2.91. The number of hydrogen-bond donors (Lipinski definition) is 0. The molecular weight excluding hydrogens is 276 g/mol. The van der Waals surface area contributed by atoms with Gasteiger partial charge in [0.2, 0.25) is 0 Å². The maximum absolute atomic E-state index is 5.97. The minimum Gasteiger partial charge on any atom is -0.493 e. The second kappa shape index (κ2) is 6.34. The molecule has 0 saturated heterocycles. The van der Waals surface area contributed by atoms with Crippen LogP contribution >= 0.6 is 0 Å². The average molecular weight is 298 g/mol. The first-order valence-corrected chi connectivity index (χ1v) is 7.81. The largest absolute Gasteiger partial charge is 0.493 e. The van der Waals surface area contributed by atoms with Crippen LogP contribution in [0.3, 0.4) is 0 Å². The third-order valence-electron chi connectivity index (χ3n) is 4.19. The van der Waals surface area contributed by atoms with Crippen molar-refractivity contribution in [2.45, 2.75) is 33.1 Å². The molecule has 0 bridgehead atoms. The summed E-state index contributed by atoms with van der Waals surface area (Å²) >= 11 is 0. The molecule has 3 rings (SSSR count). The minimum atomic E-state index is 0.444. The van der Waals surface area contributed by atoms with Crippen molar-refractivity contribution in [2.24, 2.45) is 5.92 Å². The Balaban J connectivity index is 1.80. The highest BCUT2D eigenvalue weighted by Gasteiger charge is 2.24. The van der Waals surface area contributed by atoms with Crippen LogP contribution in [0.15, 0.2) is 24.4 Å². The van der Waals surface area contributed by atoms with Crippen LogP contribution in [0.2, 0.25) is 0 Å². The van der Waals surface area contributed by atoms with Crippen molar-refractivity contribution in [2.75, 3.05) is 13.7 Å². The van der Waals surface area contributed by atoms with Crippen LogP contribution in [-0.2, 0) is 19.3 Å². The molecule has 2 aromatic rings. The van der Waals surface area contributed by atoms with Gasteiger partial charge in [0.15, 0.2) is 11.5 Å². The van der Waals surface area contributed by atoms with Crippen LogP contribution in [0.4, 0.5) is 0 Å². The molecule has 0 spiro atoms. The summed E-state index contributed by atoms with van der Waals surface area (Å²) < 4.78 is 11.3. The van der Waals surface area contributed by atoms with E-state index in [-0.39, 0.29) is 0 Å². The van der Waals surface area contributed by atoms with Crippen molar-refractivity contribution >= 4 is 0 Å². The van der Waals surface area contributed by atoms with Gasteiger partial charge in [0.1, 0.15) is 5.82 Å². The number of fused-ring (bicyclic) bond motifs is 1. The zero-order valence-corrected chi connectivity index (χ0v) is 13.4. The monoisotopic (exact) mass is 298 g/mol. The standard InChI is InChI=1S/C18H22N2O2/c1-4-14-10-19-12(2)20-16(14)9-13-8-15-6-5-7-17(21-3)18(15)22-11-13/h5-7,10,13H,4,8-9,11H2,1-3H3/t13-/m1/s1. The fourth-order valence-corrected chi connectivity index (χ4v) is 3.04. The molecule has 1 aliphatic rings. The smallest absolute Gasteiger partial charge is 0.164 e. The van der Waals surface area contributed by atoms with Gasteiger partial charge >= 0.3 is 0 Å². The maximum atomic E-state index is 5.97. The summed E-state index contributed by atoms with van der Waals surface area (Å²) in [6, 6.07) is 6.09. The van der Waals surface area contributed by atoms with Gasteiger partial charge < -0.3 is 9.47 Å². The lowest BCUT2D eigenvalue weighted by atomic mass is 9.91. The lowest BCUT2D eigenvalue weighted by molar-refractivity contribution is 0.210. The van der Waals surface area contributed by atoms with Crippen LogP contribution in [0, 0.1) is 12.8 Å². The average Bonchev–Trinajstić information content (AvgIpc) is 2.54. The molecule has 1 aromatic heterocycles. The molecule has 0 fully saturated rings. The lowest BCUT2D eigenvalue weighted by Crippen LogP contribution is -2.24. The number of ether oxygens (including phenoxy) is 2. The summed E-state index contributed by atoms with van der Waals surface area (Å²) in [5.41, 5.74) is 3.62. The predicted molar refractivity (Wildman–Crippen MR) is 85.5 cm³/mol. The number of rotatable bonds is 4. The van der Waals surface area contributed by atoms with Crippen molar-refractivity contribution in [1.29, 1.82) is 0 Å². The summed E-state index contributed by atoms with van der Waals surface area (Å²) in [7, 11) is 1.68. The van der Waals surface area contributed by atoms with Gasteiger partial charge in [-0.15, -0.1) is 0 Å². The molecule has 1 atom stereocenters. The Morgan fingerprint density at radius 2 is 2.23 bits per heavy atom. The SMILES string of the molecule is CCc1cnc(C)nc1C[C@@H]1COc2c(cccc2OC)C1. The van der Waals surface area contributed by atoms with Crippen LogP contribution < -0.4 is 9.47 Å². The Morgan fingerprint density at radius 1 is 1.36 bits per heavy atom. The molecule has 4 nitrogen and oxygen atoms in total.